The Kier molecular flexibility index (Phi) is 4.15. The van der Waals surface area contributed by atoms with E-state index in [9.17, 15) is 14.7 Å². The molecule has 2 aromatic rings. The summed E-state index contributed by atoms with van der Waals surface area (Å²) in [7, 11) is 0. The molecule has 2 unspecified atom stereocenters. The molecule has 1 fully saturated rings. The molecule has 1 saturated carbocycles. The molecule has 2 aromatic carbocycles. The Hall–Kier alpha value is -2.62. The number of aliphatic carboxylic acids is 1. The standard InChI is InChI=1S/C19H19NO3/c1-12-7-5-6-10-14(12)15-11-16(15)18(21)20-17(19(22)23)13-8-3-2-4-9-13/h2-10,15-17H,11H2,1H3,(H,20,21)(H,22,23)/t15?,16?,17-/m0/s1. The van der Waals surface area contributed by atoms with Crippen molar-refractivity contribution in [3.63, 3.8) is 0 Å². The van der Waals surface area contributed by atoms with Gasteiger partial charge in [0.15, 0.2) is 6.04 Å². The van der Waals surface area contributed by atoms with Crippen molar-refractivity contribution in [3.8, 4) is 0 Å². The molecule has 0 radical (unpaired) electrons. The highest BCUT2D eigenvalue weighted by atomic mass is 16.4. The Balaban J connectivity index is 1.70. The SMILES string of the molecule is Cc1ccccc1C1CC1C(=O)N[C@H](C(=O)O)c1ccccc1. The van der Waals surface area contributed by atoms with Crippen molar-refractivity contribution in [1.29, 1.82) is 0 Å². The maximum atomic E-state index is 12.4. The van der Waals surface area contributed by atoms with Crippen LogP contribution in [-0.4, -0.2) is 17.0 Å². The van der Waals surface area contributed by atoms with E-state index in [-0.39, 0.29) is 17.7 Å². The van der Waals surface area contributed by atoms with Crippen LogP contribution >= 0.6 is 0 Å². The second-order valence-electron chi connectivity index (χ2n) is 6.00. The smallest absolute Gasteiger partial charge is 0.330 e. The van der Waals surface area contributed by atoms with Crippen molar-refractivity contribution in [1.82, 2.24) is 5.32 Å². The number of aryl methyl sites for hydroxylation is 1. The minimum absolute atomic E-state index is 0.137. The monoisotopic (exact) mass is 309 g/mol. The molecule has 1 aliphatic carbocycles. The number of carbonyl (C=O) groups excluding carboxylic acids is 1. The van der Waals surface area contributed by atoms with Gasteiger partial charge in [-0.3, -0.25) is 4.79 Å². The van der Waals surface area contributed by atoms with E-state index in [1.165, 1.54) is 11.1 Å². The zero-order valence-corrected chi connectivity index (χ0v) is 12.9. The van der Waals surface area contributed by atoms with E-state index in [1.54, 1.807) is 24.3 Å². The van der Waals surface area contributed by atoms with Crippen molar-refractivity contribution < 1.29 is 14.7 Å². The summed E-state index contributed by atoms with van der Waals surface area (Å²) >= 11 is 0. The molecule has 118 valence electrons. The van der Waals surface area contributed by atoms with Crippen molar-refractivity contribution in [2.24, 2.45) is 5.92 Å². The van der Waals surface area contributed by atoms with Crippen molar-refractivity contribution in [2.45, 2.75) is 25.3 Å². The Morgan fingerprint density at radius 3 is 2.39 bits per heavy atom. The predicted octanol–water partition coefficient (Wildman–Crippen LogP) is 3.04. The van der Waals surface area contributed by atoms with Gasteiger partial charge in [-0.05, 0) is 36.0 Å². The lowest BCUT2D eigenvalue weighted by molar-refractivity contribution is -0.142. The number of rotatable bonds is 5. The molecule has 1 aliphatic rings. The average Bonchev–Trinajstić information content (AvgIpc) is 3.34. The number of carbonyl (C=O) groups is 2. The highest BCUT2D eigenvalue weighted by Gasteiger charge is 2.45. The van der Waals surface area contributed by atoms with Crippen LogP contribution in [-0.2, 0) is 9.59 Å². The quantitative estimate of drug-likeness (QED) is 0.892. The van der Waals surface area contributed by atoms with Crippen LogP contribution < -0.4 is 5.32 Å². The molecule has 4 nitrogen and oxygen atoms in total. The third-order valence-electron chi connectivity index (χ3n) is 4.38. The van der Waals surface area contributed by atoms with E-state index < -0.39 is 12.0 Å². The van der Waals surface area contributed by atoms with Crippen LogP contribution in [0.2, 0.25) is 0 Å². The van der Waals surface area contributed by atoms with Gasteiger partial charge in [-0.1, -0.05) is 54.6 Å². The fourth-order valence-corrected chi connectivity index (χ4v) is 3.01. The highest BCUT2D eigenvalue weighted by Crippen LogP contribution is 2.48. The molecule has 0 bridgehead atoms. The number of nitrogens with one attached hydrogen (secondary N) is 1. The lowest BCUT2D eigenvalue weighted by Crippen LogP contribution is -2.35. The molecule has 0 saturated heterocycles. The molecule has 3 rings (SSSR count). The summed E-state index contributed by atoms with van der Waals surface area (Å²) in [6.45, 7) is 2.03. The summed E-state index contributed by atoms with van der Waals surface area (Å²) in [4.78, 5) is 23.9. The van der Waals surface area contributed by atoms with Gasteiger partial charge in [0.1, 0.15) is 0 Å². The van der Waals surface area contributed by atoms with Gasteiger partial charge in [0.05, 0.1) is 0 Å². The zero-order chi connectivity index (χ0) is 16.4. The van der Waals surface area contributed by atoms with Crippen molar-refractivity contribution in [3.05, 3.63) is 71.3 Å². The van der Waals surface area contributed by atoms with Crippen LogP contribution in [0.1, 0.15) is 35.1 Å². The van der Waals surface area contributed by atoms with E-state index >= 15 is 0 Å². The van der Waals surface area contributed by atoms with E-state index in [4.69, 9.17) is 0 Å². The number of carboxylic acid groups (broad SMARTS) is 1. The minimum Gasteiger partial charge on any atom is -0.479 e. The van der Waals surface area contributed by atoms with Crippen molar-refractivity contribution in [2.75, 3.05) is 0 Å². The molecule has 23 heavy (non-hydrogen) atoms. The van der Waals surface area contributed by atoms with Gasteiger partial charge in [-0.25, -0.2) is 4.79 Å². The molecular formula is C19H19NO3. The second kappa shape index (κ2) is 6.24. The van der Waals surface area contributed by atoms with Crippen LogP contribution in [0.4, 0.5) is 0 Å². The molecule has 2 N–H and O–H groups in total. The summed E-state index contributed by atoms with van der Waals surface area (Å²) in [5.74, 6) is -1.17. The van der Waals surface area contributed by atoms with Crippen LogP contribution in [0.15, 0.2) is 54.6 Å². The zero-order valence-electron chi connectivity index (χ0n) is 12.9. The highest BCUT2D eigenvalue weighted by molar-refractivity contribution is 5.88. The molecule has 0 heterocycles. The van der Waals surface area contributed by atoms with Crippen molar-refractivity contribution >= 4 is 11.9 Å². The number of hydrogen-bond donors (Lipinski definition) is 2. The van der Waals surface area contributed by atoms with Gasteiger partial charge in [0.25, 0.3) is 0 Å². The fraction of sp³-hybridized carbons (Fsp3) is 0.263. The number of hydrogen-bond acceptors (Lipinski definition) is 2. The third-order valence-corrected chi connectivity index (χ3v) is 4.38. The van der Waals surface area contributed by atoms with Gasteiger partial charge < -0.3 is 10.4 Å². The minimum atomic E-state index is -1.04. The Morgan fingerprint density at radius 2 is 1.74 bits per heavy atom. The average molecular weight is 309 g/mol. The lowest BCUT2D eigenvalue weighted by atomic mass is 10.0. The molecule has 4 heteroatoms. The topological polar surface area (TPSA) is 66.4 Å². The summed E-state index contributed by atoms with van der Waals surface area (Å²) in [6, 6.07) is 15.8. The van der Waals surface area contributed by atoms with Gasteiger partial charge in [-0.15, -0.1) is 0 Å². The first-order valence-electron chi connectivity index (χ1n) is 7.71. The molecular weight excluding hydrogens is 290 g/mol. The molecule has 0 spiro atoms. The van der Waals surface area contributed by atoms with Crippen LogP contribution in [0.3, 0.4) is 0 Å². The maximum Gasteiger partial charge on any atom is 0.330 e. The maximum absolute atomic E-state index is 12.4. The largest absolute Gasteiger partial charge is 0.479 e. The van der Waals surface area contributed by atoms with Gasteiger partial charge in [0.2, 0.25) is 5.91 Å². The van der Waals surface area contributed by atoms with Gasteiger partial charge in [0, 0.05) is 5.92 Å². The van der Waals surface area contributed by atoms with Gasteiger partial charge in [-0.2, -0.15) is 0 Å². The Labute approximate surface area is 135 Å². The summed E-state index contributed by atoms with van der Waals surface area (Å²) in [5, 5.41) is 12.1. The first kappa shape index (κ1) is 15.3. The summed E-state index contributed by atoms with van der Waals surface area (Å²) in [5.41, 5.74) is 2.94. The van der Waals surface area contributed by atoms with E-state index in [2.05, 4.69) is 5.32 Å². The fourth-order valence-electron chi connectivity index (χ4n) is 3.01. The second-order valence-corrected chi connectivity index (χ2v) is 6.00. The van der Waals surface area contributed by atoms with Gasteiger partial charge >= 0.3 is 5.97 Å². The lowest BCUT2D eigenvalue weighted by Gasteiger charge is -2.15. The first-order chi connectivity index (χ1) is 11.1. The van der Waals surface area contributed by atoms with Crippen LogP contribution in [0.5, 0.6) is 0 Å². The normalized spacial score (nSPS) is 20.6. The van der Waals surface area contributed by atoms with Crippen LogP contribution in [0, 0.1) is 12.8 Å². The molecule has 0 aliphatic heterocycles. The molecule has 0 aromatic heterocycles. The van der Waals surface area contributed by atoms with E-state index in [1.807, 2.05) is 37.3 Å². The Morgan fingerprint density at radius 1 is 1.09 bits per heavy atom. The van der Waals surface area contributed by atoms with E-state index in [0.717, 1.165) is 6.42 Å². The summed E-state index contributed by atoms with van der Waals surface area (Å²) < 4.78 is 0. The summed E-state index contributed by atoms with van der Waals surface area (Å²) in [6.07, 6.45) is 0.776. The third kappa shape index (κ3) is 3.26. The number of amides is 1. The Bertz CT molecular complexity index is 726. The number of benzene rings is 2. The number of carboxylic acids is 1. The molecule has 1 amide bonds. The first-order valence-corrected chi connectivity index (χ1v) is 7.71. The molecule has 3 atom stereocenters. The predicted molar refractivity (Wildman–Crippen MR) is 87.0 cm³/mol. The van der Waals surface area contributed by atoms with Crippen LogP contribution in [0.25, 0.3) is 0 Å². The van der Waals surface area contributed by atoms with E-state index in [0.29, 0.717) is 5.56 Å².